The van der Waals surface area contributed by atoms with Crippen molar-refractivity contribution in [1.82, 2.24) is 5.06 Å². The Labute approximate surface area is 139 Å². The highest BCUT2D eigenvalue weighted by molar-refractivity contribution is 14.1. The van der Waals surface area contributed by atoms with Crippen molar-refractivity contribution in [3.05, 3.63) is 0 Å². The number of amides is 2. The number of unbranched alkanes of at least 4 members (excludes halogenated alkanes) is 7. The van der Waals surface area contributed by atoms with Gasteiger partial charge in [-0.05, 0) is 17.3 Å². The van der Waals surface area contributed by atoms with Crippen LogP contribution in [0, 0.1) is 0 Å². The SMILES string of the molecule is O=C(CCCCCCCCCCI)ON1C(=O)CCC1=O. The van der Waals surface area contributed by atoms with Gasteiger partial charge in [-0.15, -0.1) is 5.06 Å². The summed E-state index contributed by atoms with van der Waals surface area (Å²) < 4.78 is 1.24. The molecular formula is C15H24INO4. The van der Waals surface area contributed by atoms with Crippen LogP contribution in [0.25, 0.3) is 0 Å². The summed E-state index contributed by atoms with van der Waals surface area (Å²) in [6.07, 6.45) is 9.80. The smallest absolute Gasteiger partial charge is 0.330 e. The van der Waals surface area contributed by atoms with Gasteiger partial charge in [0, 0.05) is 19.3 Å². The van der Waals surface area contributed by atoms with Crippen LogP contribution in [0.1, 0.15) is 70.6 Å². The molecule has 0 aromatic rings. The van der Waals surface area contributed by atoms with Gasteiger partial charge >= 0.3 is 5.97 Å². The summed E-state index contributed by atoms with van der Waals surface area (Å²) in [7, 11) is 0. The minimum absolute atomic E-state index is 0.143. The minimum atomic E-state index is -0.486. The first-order valence-corrected chi connectivity index (χ1v) is 9.30. The summed E-state index contributed by atoms with van der Waals surface area (Å²) in [6, 6.07) is 0. The van der Waals surface area contributed by atoms with Gasteiger partial charge in [0.05, 0.1) is 0 Å². The van der Waals surface area contributed by atoms with E-state index < -0.39 is 17.8 Å². The average molecular weight is 409 g/mol. The van der Waals surface area contributed by atoms with Crippen LogP contribution in [0.2, 0.25) is 0 Å². The topological polar surface area (TPSA) is 63.7 Å². The summed E-state index contributed by atoms with van der Waals surface area (Å²) in [5.41, 5.74) is 0. The predicted molar refractivity (Wildman–Crippen MR) is 87.6 cm³/mol. The van der Waals surface area contributed by atoms with Crippen molar-refractivity contribution in [3.63, 3.8) is 0 Å². The fourth-order valence-corrected chi connectivity index (χ4v) is 2.77. The molecule has 0 atom stereocenters. The molecule has 1 aliphatic heterocycles. The van der Waals surface area contributed by atoms with E-state index in [-0.39, 0.29) is 19.3 Å². The van der Waals surface area contributed by atoms with Gasteiger partial charge in [-0.3, -0.25) is 9.59 Å². The summed E-state index contributed by atoms with van der Waals surface area (Å²) >= 11 is 2.40. The molecule has 2 amide bonds. The molecule has 0 aromatic carbocycles. The molecule has 1 rings (SSSR count). The quantitative estimate of drug-likeness (QED) is 0.227. The zero-order valence-electron chi connectivity index (χ0n) is 12.4. The largest absolute Gasteiger partial charge is 0.333 e. The lowest BCUT2D eigenvalue weighted by atomic mass is 10.1. The van der Waals surface area contributed by atoms with Gasteiger partial charge in [-0.25, -0.2) is 4.79 Å². The number of hydroxylamine groups is 2. The summed E-state index contributed by atoms with van der Waals surface area (Å²) in [6.45, 7) is 0. The van der Waals surface area contributed by atoms with Crippen LogP contribution >= 0.6 is 22.6 Å². The normalized spacial score (nSPS) is 14.8. The van der Waals surface area contributed by atoms with Gasteiger partial charge in [-0.2, -0.15) is 0 Å². The van der Waals surface area contributed by atoms with E-state index >= 15 is 0 Å². The molecule has 0 bridgehead atoms. The van der Waals surface area contributed by atoms with Gasteiger partial charge in [0.25, 0.3) is 11.8 Å². The van der Waals surface area contributed by atoms with E-state index in [0.717, 1.165) is 19.3 Å². The highest BCUT2D eigenvalue weighted by Gasteiger charge is 2.32. The molecule has 120 valence electrons. The number of nitrogens with zero attached hydrogens (tertiary/aromatic N) is 1. The van der Waals surface area contributed by atoms with Crippen LogP contribution in [0.15, 0.2) is 0 Å². The number of hydrogen-bond donors (Lipinski definition) is 0. The van der Waals surface area contributed by atoms with Crippen molar-refractivity contribution in [2.45, 2.75) is 70.6 Å². The van der Waals surface area contributed by atoms with Crippen molar-refractivity contribution >= 4 is 40.4 Å². The van der Waals surface area contributed by atoms with E-state index in [9.17, 15) is 14.4 Å². The van der Waals surface area contributed by atoms with Gasteiger partial charge in [0.2, 0.25) is 0 Å². The van der Waals surface area contributed by atoms with Gasteiger partial charge in [-0.1, -0.05) is 61.1 Å². The maximum absolute atomic E-state index is 11.5. The first-order chi connectivity index (χ1) is 10.1. The third-order valence-corrected chi connectivity index (χ3v) is 4.23. The standard InChI is InChI=1S/C15H24INO4/c16-12-8-6-4-2-1-3-5-7-9-15(20)21-17-13(18)10-11-14(17)19/h1-12H2. The Morgan fingerprint density at radius 3 is 1.90 bits per heavy atom. The number of alkyl halides is 1. The summed E-state index contributed by atoms with van der Waals surface area (Å²) in [4.78, 5) is 38.9. The first kappa shape index (κ1) is 18.4. The van der Waals surface area contributed by atoms with Crippen molar-refractivity contribution in [1.29, 1.82) is 0 Å². The van der Waals surface area contributed by atoms with Crippen LogP contribution < -0.4 is 0 Å². The lowest BCUT2D eigenvalue weighted by molar-refractivity contribution is -0.197. The second-order valence-corrected chi connectivity index (χ2v) is 6.39. The van der Waals surface area contributed by atoms with Crippen molar-refractivity contribution in [3.8, 4) is 0 Å². The summed E-state index contributed by atoms with van der Waals surface area (Å²) in [5.74, 6) is -1.32. The van der Waals surface area contributed by atoms with E-state index in [0.29, 0.717) is 5.06 Å². The molecule has 0 aromatic heterocycles. The molecule has 0 N–H and O–H groups in total. The fourth-order valence-electron chi connectivity index (χ4n) is 2.23. The Bertz CT molecular complexity index is 344. The van der Waals surface area contributed by atoms with Gasteiger partial charge < -0.3 is 4.84 Å². The maximum atomic E-state index is 11.5. The lowest BCUT2D eigenvalue weighted by Gasteiger charge is -2.12. The molecule has 1 saturated heterocycles. The number of carbonyl (C=O) groups is 3. The second kappa shape index (κ2) is 11.0. The maximum Gasteiger partial charge on any atom is 0.333 e. The zero-order valence-corrected chi connectivity index (χ0v) is 14.6. The average Bonchev–Trinajstić information content (AvgIpc) is 2.77. The van der Waals surface area contributed by atoms with E-state index in [4.69, 9.17) is 4.84 Å². The van der Waals surface area contributed by atoms with Crippen LogP contribution in [0.4, 0.5) is 0 Å². The van der Waals surface area contributed by atoms with Crippen molar-refractivity contribution in [2.75, 3.05) is 4.43 Å². The molecule has 5 nitrogen and oxygen atoms in total. The third-order valence-electron chi connectivity index (χ3n) is 3.46. The van der Waals surface area contributed by atoms with Crippen LogP contribution in [0.3, 0.4) is 0 Å². The van der Waals surface area contributed by atoms with E-state index in [1.54, 1.807) is 0 Å². The Morgan fingerprint density at radius 1 is 0.905 bits per heavy atom. The number of halogens is 1. The van der Waals surface area contributed by atoms with Gasteiger partial charge in [0.15, 0.2) is 0 Å². The third kappa shape index (κ3) is 7.78. The van der Waals surface area contributed by atoms with Crippen molar-refractivity contribution < 1.29 is 19.2 Å². The summed E-state index contributed by atoms with van der Waals surface area (Å²) in [5, 5.41) is 0.620. The second-order valence-electron chi connectivity index (χ2n) is 5.31. The lowest BCUT2D eigenvalue weighted by Crippen LogP contribution is -2.31. The number of rotatable bonds is 11. The molecule has 0 spiro atoms. The molecule has 21 heavy (non-hydrogen) atoms. The highest BCUT2D eigenvalue weighted by atomic mass is 127. The van der Waals surface area contributed by atoms with E-state index in [2.05, 4.69) is 22.6 Å². The monoisotopic (exact) mass is 409 g/mol. The molecule has 0 aliphatic carbocycles. The molecule has 0 saturated carbocycles. The highest BCUT2D eigenvalue weighted by Crippen LogP contribution is 2.14. The van der Waals surface area contributed by atoms with E-state index in [1.165, 1.54) is 36.5 Å². The Kier molecular flexibility index (Phi) is 9.62. The molecule has 1 aliphatic rings. The van der Waals surface area contributed by atoms with E-state index in [1.807, 2.05) is 0 Å². The predicted octanol–water partition coefficient (Wildman–Crippen LogP) is 3.54. The minimum Gasteiger partial charge on any atom is -0.330 e. The number of hydrogen-bond acceptors (Lipinski definition) is 4. The Hall–Kier alpha value is -0.660. The molecule has 1 fully saturated rings. The number of imide groups is 1. The first-order valence-electron chi connectivity index (χ1n) is 7.77. The zero-order chi connectivity index (χ0) is 15.5. The fraction of sp³-hybridized carbons (Fsp3) is 0.800. The molecule has 0 unspecified atom stereocenters. The van der Waals surface area contributed by atoms with Gasteiger partial charge in [0.1, 0.15) is 0 Å². The van der Waals surface area contributed by atoms with Crippen LogP contribution in [-0.4, -0.2) is 27.3 Å². The van der Waals surface area contributed by atoms with Crippen LogP contribution in [-0.2, 0) is 19.2 Å². The molecular weight excluding hydrogens is 385 g/mol. The molecule has 1 heterocycles. The number of carbonyl (C=O) groups excluding carboxylic acids is 3. The molecule has 0 radical (unpaired) electrons. The Morgan fingerprint density at radius 2 is 1.38 bits per heavy atom. The molecule has 6 heteroatoms. The van der Waals surface area contributed by atoms with Crippen molar-refractivity contribution in [2.24, 2.45) is 0 Å². The Balaban J connectivity index is 1.96. The van der Waals surface area contributed by atoms with Crippen LogP contribution in [0.5, 0.6) is 0 Å².